The average molecular weight is 437 g/mol. The molecule has 0 N–H and O–H groups in total. The number of amides is 1. The van der Waals surface area contributed by atoms with Gasteiger partial charge in [0.05, 0.1) is 11.7 Å². The van der Waals surface area contributed by atoms with E-state index in [2.05, 4.69) is 29.5 Å². The first-order valence-corrected chi connectivity index (χ1v) is 10.5. The van der Waals surface area contributed by atoms with Gasteiger partial charge in [0, 0.05) is 17.5 Å². The van der Waals surface area contributed by atoms with E-state index in [0.717, 1.165) is 30.4 Å². The van der Waals surface area contributed by atoms with E-state index in [1.54, 1.807) is 0 Å². The first-order valence-electron chi connectivity index (χ1n) is 8.96. The van der Waals surface area contributed by atoms with Gasteiger partial charge < -0.3 is 14.4 Å². The van der Waals surface area contributed by atoms with Crippen molar-refractivity contribution < 1.29 is 14.3 Å². The van der Waals surface area contributed by atoms with Crippen molar-refractivity contribution in [3.8, 4) is 0 Å². The number of alkyl halides is 1. The highest BCUT2D eigenvalue weighted by Crippen LogP contribution is 2.36. The van der Waals surface area contributed by atoms with Gasteiger partial charge in [-0.1, -0.05) is 42.4 Å². The van der Waals surface area contributed by atoms with Crippen LogP contribution in [0.15, 0.2) is 0 Å². The van der Waals surface area contributed by atoms with Gasteiger partial charge in [0.2, 0.25) is 0 Å². The number of likely N-dealkylation sites (tertiary alicyclic amines) is 1. The van der Waals surface area contributed by atoms with Crippen LogP contribution in [0.4, 0.5) is 4.79 Å². The molecule has 0 aromatic carbocycles. The van der Waals surface area contributed by atoms with Gasteiger partial charge in [0.1, 0.15) is 5.60 Å². The summed E-state index contributed by atoms with van der Waals surface area (Å²) in [6.45, 7) is 9.53. The molecule has 0 bridgehead atoms. The van der Waals surface area contributed by atoms with Crippen LogP contribution in [0.5, 0.6) is 0 Å². The Hall–Kier alpha value is -0.0400. The molecule has 4 nitrogen and oxygen atoms in total. The summed E-state index contributed by atoms with van der Waals surface area (Å²) < 4.78 is 13.1. The summed E-state index contributed by atoms with van der Waals surface area (Å²) in [5.41, 5.74) is -0.488. The first kappa shape index (κ1) is 19.3. The molecule has 1 amide bonds. The second-order valence-corrected chi connectivity index (χ2v) is 8.96. The van der Waals surface area contributed by atoms with E-state index in [4.69, 9.17) is 9.47 Å². The minimum Gasteiger partial charge on any atom is -0.444 e. The molecule has 2 unspecified atom stereocenters. The predicted molar refractivity (Wildman–Crippen MR) is 101 cm³/mol. The van der Waals surface area contributed by atoms with Gasteiger partial charge in [0.25, 0.3) is 0 Å². The Morgan fingerprint density at radius 1 is 1.22 bits per heavy atom. The van der Waals surface area contributed by atoms with Crippen LogP contribution in [0.2, 0.25) is 0 Å². The highest BCUT2D eigenvalue weighted by atomic mass is 127. The van der Waals surface area contributed by atoms with Gasteiger partial charge in [-0.15, -0.1) is 0 Å². The van der Waals surface area contributed by atoms with Gasteiger partial charge in [-0.2, -0.15) is 0 Å². The quantitative estimate of drug-likeness (QED) is 0.471. The van der Waals surface area contributed by atoms with Crippen LogP contribution in [0.25, 0.3) is 0 Å². The molecule has 0 aromatic rings. The summed E-state index contributed by atoms with van der Waals surface area (Å²) in [7, 11) is 0. The molecular weight excluding hydrogens is 405 g/mol. The molecule has 1 heterocycles. The van der Waals surface area contributed by atoms with Gasteiger partial charge in [-0.25, -0.2) is 4.79 Å². The fraction of sp³-hybridized carbons (Fsp3) is 0.944. The van der Waals surface area contributed by atoms with Crippen molar-refractivity contribution in [2.75, 3.05) is 17.5 Å². The number of hydrogen-bond donors (Lipinski definition) is 0. The molecule has 2 rings (SSSR count). The summed E-state index contributed by atoms with van der Waals surface area (Å²) in [5.74, 6) is 0.660. The van der Waals surface area contributed by atoms with Crippen LogP contribution in [-0.4, -0.2) is 45.8 Å². The van der Waals surface area contributed by atoms with Crippen LogP contribution >= 0.6 is 22.6 Å². The Kier molecular flexibility index (Phi) is 6.62. The SMILES string of the molecule is CC1CCCCC1OC1(CI)CCN(C(=O)OC(C)(C)C)CC1. The van der Waals surface area contributed by atoms with Crippen molar-refractivity contribution in [1.82, 2.24) is 4.90 Å². The van der Waals surface area contributed by atoms with Crippen molar-refractivity contribution in [2.24, 2.45) is 5.92 Å². The van der Waals surface area contributed by atoms with Gasteiger partial charge in [0.15, 0.2) is 0 Å². The summed E-state index contributed by atoms with van der Waals surface area (Å²) in [6.07, 6.45) is 7.14. The van der Waals surface area contributed by atoms with Crippen LogP contribution in [0.3, 0.4) is 0 Å². The monoisotopic (exact) mass is 437 g/mol. The number of nitrogens with zero attached hydrogens (tertiary/aromatic N) is 1. The summed E-state index contributed by atoms with van der Waals surface area (Å²) >= 11 is 2.45. The van der Waals surface area contributed by atoms with Crippen molar-refractivity contribution >= 4 is 28.7 Å². The number of ether oxygens (including phenoxy) is 2. The van der Waals surface area contributed by atoms with E-state index in [9.17, 15) is 4.79 Å². The predicted octanol–water partition coefficient (Wildman–Crippen LogP) is 4.79. The highest BCUT2D eigenvalue weighted by Gasteiger charge is 2.40. The molecule has 1 aliphatic carbocycles. The smallest absolute Gasteiger partial charge is 0.410 e. The molecule has 5 heteroatoms. The lowest BCUT2D eigenvalue weighted by molar-refractivity contribution is -0.132. The average Bonchev–Trinajstić information content (AvgIpc) is 2.48. The van der Waals surface area contributed by atoms with E-state index < -0.39 is 5.60 Å². The Labute approximate surface area is 154 Å². The topological polar surface area (TPSA) is 38.8 Å². The highest BCUT2D eigenvalue weighted by molar-refractivity contribution is 14.1. The number of hydrogen-bond acceptors (Lipinski definition) is 3. The lowest BCUT2D eigenvalue weighted by Crippen LogP contribution is -2.52. The third-order valence-electron chi connectivity index (χ3n) is 5.00. The summed E-state index contributed by atoms with van der Waals surface area (Å²) in [5, 5.41) is 0. The molecule has 23 heavy (non-hydrogen) atoms. The van der Waals surface area contributed by atoms with Gasteiger partial charge in [-0.3, -0.25) is 0 Å². The number of carbonyl (C=O) groups is 1. The van der Waals surface area contributed by atoms with E-state index in [1.807, 2.05) is 25.7 Å². The molecule has 1 saturated heterocycles. The minimum atomic E-state index is -0.428. The fourth-order valence-corrected chi connectivity index (χ4v) is 4.43. The third kappa shape index (κ3) is 5.48. The Bertz CT molecular complexity index is 400. The maximum Gasteiger partial charge on any atom is 0.410 e. The van der Waals surface area contributed by atoms with Crippen molar-refractivity contribution in [2.45, 2.75) is 83.5 Å². The third-order valence-corrected chi connectivity index (χ3v) is 6.39. The Balaban J connectivity index is 1.90. The zero-order chi connectivity index (χ0) is 17.1. The molecule has 134 valence electrons. The number of carbonyl (C=O) groups excluding carboxylic acids is 1. The van der Waals surface area contributed by atoms with Crippen LogP contribution in [0, 0.1) is 5.92 Å². The lowest BCUT2D eigenvalue weighted by atomic mass is 9.86. The summed E-state index contributed by atoms with van der Waals surface area (Å²) in [6, 6.07) is 0. The maximum atomic E-state index is 12.2. The molecule has 0 radical (unpaired) electrons. The standard InChI is InChI=1S/C18H32INO3/c1-14-7-5-6-8-15(14)22-18(13-19)9-11-20(12-10-18)16(21)23-17(2,3)4/h14-15H,5-13H2,1-4H3. The van der Waals surface area contributed by atoms with E-state index in [1.165, 1.54) is 25.7 Å². The molecule has 2 aliphatic rings. The lowest BCUT2D eigenvalue weighted by Gasteiger charge is -2.44. The number of piperidine rings is 1. The van der Waals surface area contributed by atoms with Crippen LogP contribution in [-0.2, 0) is 9.47 Å². The molecule has 1 saturated carbocycles. The second kappa shape index (κ2) is 7.89. The number of rotatable bonds is 3. The molecule has 0 aromatic heterocycles. The molecule has 0 spiro atoms. The Morgan fingerprint density at radius 3 is 2.35 bits per heavy atom. The van der Waals surface area contributed by atoms with Crippen molar-refractivity contribution in [3.63, 3.8) is 0 Å². The summed E-state index contributed by atoms with van der Waals surface area (Å²) in [4.78, 5) is 14.1. The fourth-order valence-electron chi connectivity index (χ4n) is 3.48. The Morgan fingerprint density at radius 2 is 1.83 bits per heavy atom. The van der Waals surface area contributed by atoms with Crippen molar-refractivity contribution in [3.05, 3.63) is 0 Å². The zero-order valence-corrected chi connectivity index (χ0v) is 17.2. The van der Waals surface area contributed by atoms with E-state index in [-0.39, 0.29) is 11.7 Å². The molecular formula is C18H32INO3. The van der Waals surface area contributed by atoms with Gasteiger partial charge in [-0.05, 0) is 52.4 Å². The normalized spacial score (nSPS) is 28.5. The zero-order valence-electron chi connectivity index (χ0n) is 15.1. The molecule has 2 atom stereocenters. The molecule has 2 fully saturated rings. The first-order chi connectivity index (χ1) is 10.7. The van der Waals surface area contributed by atoms with Crippen molar-refractivity contribution in [1.29, 1.82) is 0 Å². The van der Waals surface area contributed by atoms with Gasteiger partial charge >= 0.3 is 6.09 Å². The molecule has 1 aliphatic heterocycles. The number of halogens is 1. The maximum absolute atomic E-state index is 12.2. The van der Waals surface area contributed by atoms with Crippen LogP contribution < -0.4 is 0 Å². The second-order valence-electron chi connectivity index (χ2n) is 8.20. The minimum absolute atomic E-state index is 0.0602. The van der Waals surface area contributed by atoms with Crippen LogP contribution in [0.1, 0.15) is 66.2 Å². The van der Waals surface area contributed by atoms with E-state index in [0.29, 0.717) is 12.0 Å². The van der Waals surface area contributed by atoms with E-state index >= 15 is 0 Å². The largest absolute Gasteiger partial charge is 0.444 e.